The summed E-state index contributed by atoms with van der Waals surface area (Å²) in [6, 6.07) is 14.1. The summed E-state index contributed by atoms with van der Waals surface area (Å²) in [4.78, 5) is 12.3. The third-order valence-electron chi connectivity index (χ3n) is 3.96. The van der Waals surface area contributed by atoms with Crippen LogP contribution < -0.4 is 15.4 Å². The number of hydrogen-bond acceptors (Lipinski definition) is 3. The molecule has 0 bridgehead atoms. The zero-order valence-corrected chi connectivity index (χ0v) is 17.0. The predicted octanol–water partition coefficient (Wildman–Crippen LogP) is 5.82. The van der Waals surface area contributed by atoms with E-state index >= 15 is 0 Å². The first-order chi connectivity index (χ1) is 13.1. The predicted molar refractivity (Wildman–Crippen MR) is 116 cm³/mol. The molecule has 0 spiro atoms. The first kappa shape index (κ1) is 21.2. The summed E-state index contributed by atoms with van der Waals surface area (Å²) in [5, 5.41) is 6.47. The van der Waals surface area contributed by atoms with Crippen LogP contribution in [0.3, 0.4) is 0 Å². The van der Waals surface area contributed by atoms with Crippen LogP contribution in [0.2, 0.25) is 5.02 Å². The quantitative estimate of drug-likeness (QED) is 0.408. The zero-order chi connectivity index (χ0) is 19.5. The van der Waals surface area contributed by atoms with Crippen LogP contribution in [-0.2, 0) is 0 Å². The van der Waals surface area contributed by atoms with E-state index in [-0.39, 0.29) is 11.0 Å². The van der Waals surface area contributed by atoms with Crippen LogP contribution in [0.5, 0.6) is 5.75 Å². The monoisotopic (exact) mass is 404 g/mol. The molecule has 0 aliphatic rings. The number of rotatable bonds is 9. The largest absolute Gasteiger partial charge is 0.494 e. The van der Waals surface area contributed by atoms with Gasteiger partial charge in [-0.2, -0.15) is 0 Å². The molecule has 1 amide bonds. The summed E-state index contributed by atoms with van der Waals surface area (Å²) in [7, 11) is 0. The Balaban J connectivity index is 1.75. The van der Waals surface area contributed by atoms with Crippen molar-refractivity contribution in [1.82, 2.24) is 5.32 Å². The van der Waals surface area contributed by atoms with E-state index in [0.29, 0.717) is 17.2 Å². The topological polar surface area (TPSA) is 50.4 Å². The number of anilines is 1. The molecule has 0 heterocycles. The molecular weight excluding hydrogens is 380 g/mol. The summed E-state index contributed by atoms with van der Waals surface area (Å²) >= 11 is 11.0. The smallest absolute Gasteiger partial charge is 0.257 e. The minimum atomic E-state index is -0.271. The standard InChI is InChI=1S/C21H25ClN2O2S/c1-2-3-4-5-6-15-26-19-13-7-16(8-14-19)20(25)24-21(27)23-18-11-9-17(22)10-12-18/h7-14H,2-6,15H2,1H3,(H2,23,24,25,27). The summed E-state index contributed by atoms with van der Waals surface area (Å²) in [6.07, 6.45) is 6.00. The first-order valence-corrected chi connectivity index (χ1v) is 9.98. The van der Waals surface area contributed by atoms with Crippen LogP contribution in [0.25, 0.3) is 0 Å². The van der Waals surface area contributed by atoms with Crippen molar-refractivity contribution >= 4 is 40.5 Å². The van der Waals surface area contributed by atoms with Crippen molar-refractivity contribution in [2.24, 2.45) is 0 Å². The van der Waals surface area contributed by atoms with E-state index in [0.717, 1.165) is 17.9 Å². The summed E-state index contributed by atoms with van der Waals surface area (Å²) < 4.78 is 5.71. The minimum Gasteiger partial charge on any atom is -0.494 e. The van der Waals surface area contributed by atoms with Gasteiger partial charge < -0.3 is 10.1 Å². The highest BCUT2D eigenvalue weighted by Crippen LogP contribution is 2.15. The van der Waals surface area contributed by atoms with Crippen LogP contribution in [0, 0.1) is 0 Å². The molecule has 27 heavy (non-hydrogen) atoms. The molecule has 2 aromatic rings. The van der Waals surface area contributed by atoms with E-state index in [2.05, 4.69) is 17.6 Å². The van der Waals surface area contributed by atoms with Crippen LogP contribution in [0.15, 0.2) is 48.5 Å². The molecular formula is C21H25ClN2O2S. The Morgan fingerprint density at radius 1 is 1.00 bits per heavy atom. The van der Waals surface area contributed by atoms with Crippen molar-refractivity contribution < 1.29 is 9.53 Å². The number of ether oxygens (including phenoxy) is 1. The second-order valence-corrected chi connectivity index (χ2v) is 7.05. The number of halogens is 1. The molecule has 0 unspecified atom stereocenters. The molecule has 2 rings (SSSR count). The van der Waals surface area contributed by atoms with Crippen molar-refractivity contribution in [2.75, 3.05) is 11.9 Å². The minimum absolute atomic E-state index is 0.231. The average Bonchev–Trinajstić information content (AvgIpc) is 2.67. The van der Waals surface area contributed by atoms with Gasteiger partial charge in [-0.15, -0.1) is 0 Å². The molecule has 6 heteroatoms. The Hall–Kier alpha value is -2.11. The number of nitrogens with one attached hydrogen (secondary N) is 2. The fraction of sp³-hybridized carbons (Fsp3) is 0.333. The number of amides is 1. The first-order valence-electron chi connectivity index (χ1n) is 9.19. The van der Waals surface area contributed by atoms with Crippen molar-refractivity contribution in [3.63, 3.8) is 0 Å². The van der Waals surface area contributed by atoms with Gasteiger partial charge in [0.2, 0.25) is 0 Å². The van der Waals surface area contributed by atoms with Gasteiger partial charge in [0.25, 0.3) is 5.91 Å². The maximum absolute atomic E-state index is 12.3. The Morgan fingerprint density at radius 3 is 2.33 bits per heavy atom. The number of carbonyl (C=O) groups excluding carboxylic acids is 1. The Kier molecular flexibility index (Phi) is 9.08. The van der Waals surface area contributed by atoms with E-state index in [9.17, 15) is 4.79 Å². The third-order valence-corrected chi connectivity index (χ3v) is 4.42. The molecule has 0 aromatic heterocycles. The molecule has 2 aromatic carbocycles. The highest BCUT2D eigenvalue weighted by molar-refractivity contribution is 7.80. The van der Waals surface area contributed by atoms with Gasteiger partial charge in [0, 0.05) is 16.3 Å². The zero-order valence-electron chi connectivity index (χ0n) is 15.5. The Labute approximate surface area is 171 Å². The highest BCUT2D eigenvalue weighted by atomic mass is 35.5. The van der Waals surface area contributed by atoms with Crippen molar-refractivity contribution in [1.29, 1.82) is 0 Å². The molecule has 0 saturated heterocycles. The Bertz CT molecular complexity index is 733. The van der Waals surface area contributed by atoms with Gasteiger partial charge >= 0.3 is 0 Å². The molecule has 144 valence electrons. The molecule has 0 aliphatic heterocycles. The van der Waals surface area contributed by atoms with E-state index in [1.165, 1.54) is 25.7 Å². The van der Waals surface area contributed by atoms with Crippen LogP contribution in [-0.4, -0.2) is 17.6 Å². The maximum Gasteiger partial charge on any atom is 0.257 e. The summed E-state index contributed by atoms with van der Waals surface area (Å²) in [6.45, 7) is 2.90. The van der Waals surface area contributed by atoms with Gasteiger partial charge in [-0.25, -0.2) is 0 Å². The van der Waals surface area contributed by atoms with Crippen molar-refractivity contribution in [3.05, 3.63) is 59.1 Å². The van der Waals surface area contributed by atoms with Gasteiger partial charge in [0.15, 0.2) is 5.11 Å². The molecule has 0 radical (unpaired) electrons. The lowest BCUT2D eigenvalue weighted by Gasteiger charge is -2.10. The summed E-state index contributed by atoms with van der Waals surface area (Å²) in [5.74, 6) is 0.497. The summed E-state index contributed by atoms with van der Waals surface area (Å²) in [5.41, 5.74) is 1.28. The van der Waals surface area contributed by atoms with Crippen molar-refractivity contribution in [2.45, 2.75) is 39.0 Å². The van der Waals surface area contributed by atoms with Crippen LogP contribution in [0.1, 0.15) is 49.4 Å². The fourth-order valence-corrected chi connectivity index (χ4v) is 2.81. The SMILES string of the molecule is CCCCCCCOc1ccc(C(=O)NC(=S)Nc2ccc(Cl)cc2)cc1. The Morgan fingerprint density at radius 2 is 1.67 bits per heavy atom. The number of thiocarbonyl (C=S) groups is 1. The fourth-order valence-electron chi connectivity index (χ4n) is 2.47. The van der Waals surface area contributed by atoms with E-state index in [1.54, 1.807) is 48.5 Å². The second-order valence-electron chi connectivity index (χ2n) is 6.20. The molecule has 4 nitrogen and oxygen atoms in total. The molecule has 0 saturated carbocycles. The van der Waals surface area contributed by atoms with Gasteiger partial charge in [0.1, 0.15) is 5.75 Å². The van der Waals surface area contributed by atoms with E-state index in [4.69, 9.17) is 28.6 Å². The van der Waals surface area contributed by atoms with Gasteiger partial charge in [-0.05, 0) is 67.2 Å². The van der Waals surface area contributed by atoms with Gasteiger partial charge in [0.05, 0.1) is 6.61 Å². The lowest BCUT2D eigenvalue weighted by molar-refractivity contribution is 0.0977. The van der Waals surface area contributed by atoms with Crippen molar-refractivity contribution in [3.8, 4) is 5.75 Å². The molecule has 0 atom stereocenters. The number of hydrogen-bond donors (Lipinski definition) is 2. The maximum atomic E-state index is 12.3. The van der Waals surface area contributed by atoms with E-state index < -0.39 is 0 Å². The second kappa shape index (κ2) is 11.6. The normalized spacial score (nSPS) is 10.3. The highest BCUT2D eigenvalue weighted by Gasteiger charge is 2.08. The van der Waals surface area contributed by atoms with Gasteiger partial charge in [-0.1, -0.05) is 44.2 Å². The molecule has 2 N–H and O–H groups in total. The van der Waals surface area contributed by atoms with Crippen LogP contribution >= 0.6 is 23.8 Å². The number of carbonyl (C=O) groups is 1. The molecule has 0 fully saturated rings. The van der Waals surface area contributed by atoms with E-state index in [1.807, 2.05) is 0 Å². The third kappa shape index (κ3) is 7.97. The average molecular weight is 405 g/mol. The lowest BCUT2D eigenvalue weighted by Crippen LogP contribution is -2.34. The number of benzene rings is 2. The lowest BCUT2D eigenvalue weighted by atomic mass is 10.2. The molecule has 0 aliphatic carbocycles. The van der Waals surface area contributed by atoms with Crippen LogP contribution in [0.4, 0.5) is 5.69 Å². The van der Waals surface area contributed by atoms with Gasteiger partial charge in [-0.3, -0.25) is 10.1 Å². The number of unbranched alkanes of at least 4 members (excludes halogenated alkanes) is 4.